The fourth-order valence-corrected chi connectivity index (χ4v) is 0.738. The van der Waals surface area contributed by atoms with Gasteiger partial charge < -0.3 is 4.74 Å². The third kappa shape index (κ3) is 6.58. The molecule has 0 aromatic heterocycles. The summed E-state index contributed by atoms with van der Waals surface area (Å²) in [6.45, 7) is 7.89. The fourth-order valence-electron chi connectivity index (χ4n) is 0.738. The van der Waals surface area contributed by atoms with Crippen LogP contribution in [-0.4, -0.2) is 19.4 Å². The zero-order chi connectivity index (χ0) is 9.23. The Morgan fingerprint density at radius 1 is 1.17 bits per heavy atom. The van der Waals surface area contributed by atoms with Crippen molar-refractivity contribution in [2.45, 2.75) is 46.3 Å². The van der Waals surface area contributed by atoms with Crippen LogP contribution >= 0.6 is 0 Å². The lowest BCUT2D eigenvalue weighted by atomic mass is 10.4. The molecule has 1 N–H and O–H groups in total. The Bertz CT molecular complexity index is 88.6. The Labute approximate surface area is 75.4 Å². The van der Waals surface area contributed by atoms with E-state index in [0.29, 0.717) is 0 Å². The van der Waals surface area contributed by atoms with Crippen molar-refractivity contribution in [2.24, 2.45) is 0 Å². The Morgan fingerprint density at radius 2 is 1.92 bits per heavy atom. The minimum atomic E-state index is -0.0866. The molecule has 0 spiro atoms. The van der Waals surface area contributed by atoms with Crippen LogP contribution in [0.2, 0.25) is 0 Å². The van der Waals surface area contributed by atoms with E-state index in [0.717, 1.165) is 32.4 Å². The molecule has 74 valence electrons. The van der Waals surface area contributed by atoms with E-state index in [2.05, 4.69) is 19.3 Å². The normalized spacial score (nSPS) is 13.2. The standard InChI is InChI=1S/C9H21NO2/c1-4-7-10-12-9(6-3)11-8-5-2/h9-10H,4-8H2,1-3H3. The molecule has 0 amide bonds. The zero-order valence-electron chi connectivity index (χ0n) is 8.43. The molecule has 1 unspecified atom stereocenters. The number of hydrogen-bond acceptors (Lipinski definition) is 3. The third-order valence-electron chi connectivity index (χ3n) is 1.41. The number of hydroxylamine groups is 1. The van der Waals surface area contributed by atoms with Gasteiger partial charge in [0.15, 0.2) is 6.29 Å². The van der Waals surface area contributed by atoms with Gasteiger partial charge in [0.1, 0.15) is 0 Å². The molecule has 12 heavy (non-hydrogen) atoms. The first-order valence-electron chi connectivity index (χ1n) is 4.85. The van der Waals surface area contributed by atoms with Crippen LogP contribution in [0.3, 0.4) is 0 Å². The van der Waals surface area contributed by atoms with Crippen molar-refractivity contribution in [3.8, 4) is 0 Å². The van der Waals surface area contributed by atoms with Gasteiger partial charge in [0.2, 0.25) is 0 Å². The Kier molecular flexibility index (Phi) is 8.88. The van der Waals surface area contributed by atoms with Gasteiger partial charge >= 0.3 is 0 Å². The summed E-state index contributed by atoms with van der Waals surface area (Å²) in [7, 11) is 0. The molecular formula is C9H21NO2. The van der Waals surface area contributed by atoms with Gasteiger partial charge in [-0.25, -0.2) is 0 Å². The molecule has 1 atom stereocenters. The number of ether oxygens (including phenoxy) is 1. The van der Waals surface area contributed by atoms with Gasteiger partial charge in [-0.2, -0.15) is 5.48 Å². The maximum atomic E-state index is 5.40. The monoisotopic (exact) mass is 175 g/mol. The largest absolute Gasteiger partial charge is 0.351 e. The van der Waals surface area contributed by atoms with E-state index in [4.69, 9.17) is 9.57 Å². The number of rotatable bonds is 8. The smallest absolute Gasteiger partial charge is 0.176 e. The van der Waals surface area contributed by atoms with Crippen molar-refractivity contribution < 1.29 is 9.57 Å². The molecule has 0 fully saturated rings. The zero-order valence-corrected chi connectivity index (χ0v) is 8.43. The predicted octanol–water partition coefficient (Wildman–Crippen LogP) is 2.08. The van der Waals surface area contributed by atoms with Gasteiger partial charge in [0, 0.05) is 13.2 Å². The predicted molar refractivity (Wildman–Crippen MR) is 49.7 cm³/mol. The molecule has 3 heteroatoms. The first kappa shape index (κ1) is 11.9. The second-order valence-corrected chi connectivity index (χ2v) is 2.72. The molecule has 0 aliphatic rings. The van der Waals surface area contributed by atoms with Gasteiger partial charge in [0.05, 0.1) is 0 Å². The van der Waals surface area contributed by atoms with Crippen molar-refractivity contribution in [3.63, 3.8) is 0 Å². The van der Waals surface area contributed by atoms with Crippen LogP contribution in [0.1, 0.15) is 40.0 Å². The lowest BCUT2D eigenvalue weighted by Crippen LogP contribution is -2.26. The maximum Gasteiger partial charge on any atom is 0.176 e. The Morgan fingerprint density at radius 3 is 2.42 bits per heavy atom. The number of hydrogen-bond donors (Lipinski definition) is 1. The Balaban J connectivity index is 3.26. The van der Waals surface area contributed by atoms with Gasteiger partial charge in [0.25, 0.3) is 0 Å². The van der Waals surface area contributed by atoms with Crippen LogP contribution in [0.25, 0.3) is 0 Å². The highest BCUT2D eigenvalue weighted by molar-refractivity contribution is 4.38. The summed E-state index contributed by atoms with van der Waals surface area (Å²) in [4.78, 5) is 5.26. The Hall–Kier alpha value is -0.120. The van der Waals surface area contributed by atoms with Gasteiger partial charge in [-0.3, -0.25) is 4.84 Å². The molecule has 0 aromatic carbocycles. The van der Waals surface area contributed by atoms with Crippen LogP contribution in [-0.2, 0) is 9.57 Å². The highest BCUT2D eigenvalue weighted by Crippen LogP contribution is 1.98. The highest BCUT2D eigenvalue weighted by atomic mass is 16.8. The van der Waals surface area contributed by atoms with E-state index in [1.54, 1.807) is 0 Å². The van der Waals surface area contributed by atoms with Crippen molar-refractivity contribution in [1.29, 1.82) is 0 Å². The van der Waals surface area contributed by atoms with E-state index in [-0.39, 0.29) is 6.29 Å². The molecule has 0 aromatic rings. The summed E-state index contributed by atoms with van der Waals surface area (Å²) in [6.07, 6.45) is 2.91. The van der Waals surface area contributed by atoms with Crippen LogP contribution < -0.4 is 5.48 Å². The van der Waals surface area contributed by atoms with E-state index >= 15 is 0 Å². The summed E-state index contributed by atoms with van der Waals surface area (Å²) in [5.41, 5.74) is 2.87. The maximum absolute atomic E-state index is 5.40. The second-order valence-electron chi connectivity index (χ2n) is 2.72. The summed E-state index contributed by atoms with van der Waals surface area (Å²) in [5, 5.41) is 0. The summed E-state index contributed by atoms with van der Waals surface area (Å²) in [5.74, 6) is 0. The molecule has 0 aliphatic heterocycles. The van der Waals surface area contributed by atoms with Gasteiger partial charge in [-0.1, -0.05) is 20.8 Å². The third-order valence-corrected chi connectivity index (χ3v) is 1.41. The molecule has 0 saturated heterocycles. The van der Waals surface area contributed by atoms with Crippen LogP contribution in [0.15, 0.2) is 0 Å². The quantitative estimate of drug-likeness (QED) is 0.348. The van der Waals surface area contributed by atoms with Crippen LogP contribution in [0.4, 0.5) is 0 Å². The average molecular weight is 175 g/mol. The highest BCUT2D eigenvalue weighted by Gasteiger charge is 2.04. The lowest BCUT2D eigenvalue weighted by Gasteiger charge is -2.15. The molecule has 0 radical (unpaired) electrons. The van der Waals surface area contributed by atoms with Crippen LogP contribution in [0.5, 0.6) is 0 Å². The molecule has 0 rings (SSSR count). The van der Waals surface area contributed by atoms with Crippen LogP contribution in [0, 0.1) is 0 Å². The molecular weight excluding hydrogens is 154 g/mol. The molecule has 0 aliphatic carbocycles. The van der Waals surface area contributed by atoms with Crippen molar-refractivity contribution >= 4 is 0 Å². The second kappa shape index (κ2) is 8.97. The molecule has 0 bridgehead atoms. The number of nitrogens with one attached hydrogen (secondary N) is 1. The minimum absolute atomic E-state index is 0.0866. The molecule has 0 heterocycles. The first-order chi connectivity index (χ1) is 5.85. The molecule has 3 nitrogen and oxygen atoms in total. The fraction of sp³-hybridized carbons (Fsp3) is 1.00. The summed E-state index contributed by atoms with van der Waals surface area (Å²) >= 11 is 0. The van der Waals surface area contributed by atoms with Gasteiger partial charge in [-0.15, -0.1) is 0 Å². The summed E-state index contributed by atoms with van der Waals surface area (Å²) in [6, 6.07) is 0. The average Bonchev–Trinajstić information content (AvgIpc) is 2.11. The molecule has 0 saturated carbocycles. The van der Waals surface area contributed by atoms with Gasteiger partial charge in [-0.05, 0) is 19.3 Å². The van der Waals surface area contributed by atoms with E-state index in [1.165, 1.54) is 0 Å². The summed E-state index contributed by atoms with van der Waals surface area (Å²) < 4.78 is 5.40. The minimum Gasteiger partial charge on any atom is -0.351 e. The SMILES string of the molecule is CCCNOC(CC)OCCC. The van der Waals surface area contributed by atoms with Crippen molar-refractivity contribution in [2.75, 3.05) is 13.2 Å². The lowest BCUT2D eigenvalue weighted by molar-refractivity contribution is -0.180. The van der Waals surface area contributed by atoms with E-state index in [9.17, 15) is 0 Å². The van der Waals surface area contributed by atoms with E-state index in [1.807, 2.05) is 6.92 Å². The van der Waals surface area contributed by atoms with Crippen molar-refractivity contribution in [1.82, 2.24) is 5.48 Å². The van der Waals surface area contributed by atoms with Crippen molar-refractivity contribution in [3.05, 3.63) is 0 Å². The first-order valence-corrected chi connectivity index (χ1v) is 4.85. The van der Waals surface area contributed by atoms with E-state index < -0.39 is 0 Å². The topological polar surface area (TPSA) is 30.5 Å².